The van der Waals surface area contributed by atoms with Crippen LogP contribution in [0.5, 0.6) is 0 Å². The standard InChI is InChI=1S/C21H23NO3/c23-20(22-19(21(24)25)17-9-5-2-6-10-17)18-13-11-16(12-14-18)15-7-3-1-4-8-15/h1,3-4,7-8,11-14,17,19H,2,5-6,9-10H2,(H,22,23)(H,24,25)/t19-/m0/s1. The average Bonchev–Trinajstić information content (AvgIpc) is 2.67. The Kier molecular flexibility index (Phi) is 5.49. The molecule has 0 aromatic heterocycles. The third kappa shape index (κ3) is 4.27. The second kappa shape index (κ2) is 7.97. The van der Waals surface area contributed by atoms with Gasteiger partial charge in [0.2, 0.25) is 0 Å². The molecule has 0 saturated heterocycles. The van der Waals surface area contributed by atoms with E-state index in [4.69, 9.17) is 0 Å². The molecule has 0 heterocycles. The van der Waals surface area contributed by atoms with Crippen LogP contribution in [0.3, 0.4) is 0 Å². The zero-order chi connectivity index (χ0) is 17.6. The van der Waals surface area contributed by atoms with E-state index in [0.29, 0.717) is 5.56 Å². The largest absolute Gasteiger partial charge is 0.480 e. The first-order valence-corrected chi connectivity index (χ1v) is 8.84. The van der Waals surface area contributed by atoms with E-state index in [1.54, 1.807) is 12.1 Å². The number of rotatable bonds is 5. The Labute approximate surface area is 147 Å². The van der Waals surface area contributed by atoms with E-state index in [1.165, 1.54) is 0 Å². The quantitative estimate of drug-likeness (QED) is 0.862. The van der Waals surface area contributed by atoms with Crippen molar-refractivity contribution in [3.63, 3.8) is 0 Å². The maximum absolute atomic E-state index is 12.5. The van der Waals surface area contributed by atoms with Gasteiger partial charge in [0, 0.05) is 5.56 Å². The van der Waals surface area contributed by atoms with Crippen LogP contribution in [0.4, 0.5) is 0 Å². The lowest BCUT2D eigenvalue weighted by Crippen LogP contribution is -2.46. The summed E-state index contributed by atoms with van der Waals surface area (Å²) < 4.78 is 0. The fourth-order valence-electron chi connectivity index (χ4n) is 3.52. The highest BCUT2D eigenvalue weighted by atomic mass is 16.4. The van der Waals surface area contributed by atoms with Crippen LogP contribution in [0.25, 0.3) is 11.1 Å². The van der Waals surface area contributed by atoms with Crippen molar-refractivity contribution in [1.29, 1.82) is 0 Å². The summed E-state index contributed by atoms with van der Waals surface area (Å²) in [6.07, 6.45) is 4.96. The summed E-state index contributed by atoms with van der Waals surface area (Å²) >= 11 is 0. The van der Waals surface area contributed by atoms with Gasteiger partial charge in [-0.1, -0.05) is 61.7 Å². The van der Waals surface area contributed by atoms with Crippen LogP contribution in [-0.4, -0.2) is 23.0 Å². The Bertz CT molecular complexity index is 719. The number of hydrogen-bond acceptors (Lipinski definition) is 2. The molecular weight excluding hydrogens is 314 g/mol. The third-order valence-electron chi connectivity index (χ3n) is 4.93. The van der Waals surface area contributed by atoms with E-state index in [1.807, 2.05) is 42.5 Å². The SMILES string of the molecule is O=C(N[C@H](C(=O)O)C1CCCCC1)c1ccc(-c2ccccc2)cc1. The van der Waals surface area contributed by atoms with E-state index in [2.05, 4.69) is 5.32 Å². The number of carbonyl (C=O) groups is 2. The van der Waals surface area contributed by atoms with E-state index < -0.39 is 12.0 Å². The summed E-state index contributed by atoms with van der Waals surface area (Å²) in [5.74, 6) is -1.24. The molecule has 2 N–H and O–H groups in total. The summed E-state index contributed by atoms with van der Waals surface area (Å²) in [4.78, 5) is 24.1. The van der Waals surface area contributed by atoms with Gasteiger partial charge in [-0.3, -0.25) is 4.79 Å². The molecule has 25 heavy (non-hydrogen) atoms. The normalized spacial score (nSPS) is 16.2. The van der Waals surface area contributed by atoms with Crippen molar-refractivity contribution in [2.24, 2.45) is 5.92 Å². The molecule has 3 rings (SSSR count). The van der Waals surface area contributed by atoms with E-state index in [9.17, 15) is 14.7 Å². The first-order chi connectivity index (χ1) is 12.1. The molecule has 1 saturated carbocycles. The van der Waals surface area contributed by atoms with Gasteiger partial charge in [-0.2, -0.15) is 0 Å². The number of carboxylic acids is 1. The summed E-state index contributed by atoms with van der Waals surface area (Å²) in [6, 6.07) is 16.4. The molecule has 0 aliphatic heterocycles. The predicted octanol–water partition coefficient (Wildman–Crippen LogP) is 4.12. The Balaban J connectivity index is 1.70. The van der Waals surface area contributed by atoms with Gasteiger partial charge in [0.25, 0.3) is 5.91 Å². The van der Waals surface area contributed by atoms with E-state index >= 15 is 0 Å². The zero-order valence-electron chi connectivity index (χ0n) is 14.2. The van der Waals surface area contributed by atoms with Gasteiger partial charge in [-0.15, -0.1) is 0 Å². The summed E-state index contributed by atoms with van der Waals surface area (Å²) in [5.41, 5.74) is 2.60. The van der Waals surface area contributed by atoms with Gasteiger partial charge >= 0.3 is 5.97 Å². The van der Waals surface area contributed by atoms with Crippen molar-refractivity contribution in [2.75, 3.05) is 0 Å². The van der Waals surface area contributed by atoms with Gasteiger partial charge in [0.15, 0.2) is 0 Å². The molecule has 2 aromatic carbocycles. The Morgan fingerprint density at radius 2 is 1.48 bits per heavy atom. The zero-order valence-corrected chi connectivity index (χ0v) is 14.2. The molecule has 1 atom stereocenters. The fourth-order valence-corrected chi connectivity index (χ4v) is 3.52. The lowest BCUT2D eigenvalue weighted by atomic mass is 9.84. The van der Waals surface area contributed by atoms with Crippen LogP contribution in [-0.2, 0) is 4.79 Å². The van der Waals surface area contributed by atoms with Crippen molar-refractivity contribution >= 4 is 11.9 Å². The minimum Gasteiger partial charge on any atom is -0.480 e. The van der Waals surface area contributed by atoms with Gasteiger partial charge in [-0.25, -0.2) is 4.79 Å². The number of aliphatic carboxylic acids is 1. The minimum atomic E-state index is -0.943. The molecule has 130 valence electrons. The summed E-state index contributed by atoms with van der Waals surface area (Å²) in [6.45, 7) is 0. The minimum absolute atomic E-state index is 0.0267. The van der Waals surface area contributed by atoms with Crippen LogP contribution >= 0.6 is 0 Å². The number of nitrogens with one attached hydrogen (secondary N) is 1. The van der Waals surface area contributed by atoms with E-state index in [-0.39, 0.29) is 11.8 Å². The molecule has 1 aliphatic carbocycles. The molecule has 2 aromatic rings. The Morgan fingerprint density at radius 1 is 0.880 bits per heavy atom. The number of benzene rings is 2. The molecule has 1 fully saturated rings. The molecule has 1 aliphatic rings. The molecule has 1 amide bonds. The topological polar surface area (TPSA) is 66.4 Å². The van der Waals surface area contributed by atoms with Crippen molar-refractivity contribution in [3.8, 4) is 11.1 Å². The van der Waals surface area contributed by atoms with Crippen molar-refractivity contribution in [2.45, 2.75) is 38.1 Å². The number of carbonyl (C=O) groups excluding carboxylic acids is 1. The maximum Gasteiger partial charge on any atom is 0.326 e. The van der Waals surface area contributed by atoms with Crippen LogP contribution in [0, 0.1) is 5.92 Å². The smallest absolute Gasteiger partial charge is 0.326 e. The lowest BCUT2D eigenvalue weighted by molar-refractivity contribution is -0.141. The van der Waals surface area contributed by atoms with Crippen LogP contribution in [0.2, 0.25) is 0 Å². The highest BCUT2D eigenvalue weighted by Crippen LogP contribution is 2.27. The van der Waals surface area contributed by atoms with Gasteiger partial charge in [-0.05, 0) is 42.0 Å². The number of carboxylic acid groups (broad SMARTS) is 1. The molecule has 0 spiro atoms. The Morgan fingerprint density at radius 3 is 2.08 bits per heavy atom. The first-order valence-electron chi connectivity index (χ1n) is 8.84. The summed E-state index contributed by atoms with van der Waals surface area (Å²) in [5, 5.41) is 12.2. The average molecular weight is 337 g/mol. The van der Waals surface area contributed by atoms with E-state index in [0.717, 1.165) is 43.2 Å². The van der Waals surface area contributed by atoms with Crippen molar-refractivity contribution in [1.82, 2.24) is 5.32 Å². The second-order valence-corrected chi connectivity index (χ2v) is 6.63. The molecule has 0 radical (unpaired) electrons. The third-order valence-corrected chi connectivity index (χ3v) is 4.93. The molecule has 4 nitrogen and oxygen atoms in total. The van der Waals surface area contributed by atoms with Crippen molar-refractivity contribution < 1.29 is 14.7 Å². The molecule has 4 heteroatoms. The van der Waals surface area contributed by atoms with Crippen LogP contribution < -0.4 is 5.32 Å². The van der Waals surface area contributed by atoms with Crippen molar-refractivity contribution in [3.05, 3.63) is 60.2 Å². The predicted molar refractivity (Wildman–Crippen MR) is 97.3 cm³/mol. The highest BCUT2D eigenvalue weighted by molar-refractivity contribution is 5.97. The highest BCUT2D eigenvalue weighted by Gasteiger charge is 2.30. The lowest BCUT2D eigenvalue weighted by Gasteiger charge is -2.28. The number of amides is 1. The summed E-state index contributed by atoms with van der Waals surface area (Å²) in [7, 11) is 0. The molecule has 0 bridgehead atoms. The van der Waals surface area contributed by atoms with Gasteiger partial charge < -0.3 is 10.4 Å². The molecule has 0 unspecified atom stereocenters. The number of hydrogen-bond donors (Lipinski definition) is 2. The first kappa shape index (κ1) is 17.2. The molecular formula is C21H23NO3. The van der Waals surface area contributed by atoms with Crippen LogP contribution in [0.15, 0.2) is 54.6 Å². The maximum atomic E-state index is 12.5. The van der Waals surface area contributed by atoms with Gasteiger partial charge in [0.1, 0.15) is 6.04 Å². The Hall–Kier alpha value is -2.62. The second-order valence-electron chi connectivity index (χ2n) is 6.63. The van der Waals surface area contributed by atoms with Crippen LogP contribution in [0.1, 0.15) is 42.5 Å². The monoisotopic (exact) mass is 337 g/mol. The van der Waals surface area contributed by atoms with Gasteiger partial charge in [0.05, 0.1) is 0 Å². The fraction of sp³-hybridized carbons (Fsp3) is 0.333.